The van der Waals surface area contributed by atoms with Gasteiger partial charge in [-0.3, -0.25) is 0 Å². The van der Waals surface area contributed by atoms with Gasteiger partial charge in [0.25, 0.3) is 0 Å². The van der Waals surface area contributed by atoms with E-state index in [4.69, 9.17) is 0 Å². The van der Waals surface area contributed by atoms with Crippen molar-refractivity contribution in [3.05, 3.63) is 48.0 Å². The molecule has 0 saturated heterocycles. The Labute approximate surface area is 108 Å². The van der Waals surface area contributed by atoms with Gasteiger partial charge in [0.1, 0.15) is 0 Å². The second-order valence-electron chi connectivity index (χ2n) is 5.53. The van der Waals surface area contributed by atoms with Crippen LogP contribution in [0, 0.1) is 5.92 Å². The maximum atomic E-state index is 10.2. The lowest BCUT2D eigenvalue weighted by Crippen LogP contribution is -2.21. The van der Waals surface area contributed by atoms with Crippen LogP contribution < -0.4 is 0 Å². The van der Waals surface area contributed by atoms with E-state index < -0.39 is 0 Å². The summed E-state index contributed by atoms with van der Waals surface area (Å²) in [7, 11) is 0. The van der Waals surface area contributed by atoms with E-state index in [1.807, 2.05) is 0 Å². The van der Waals surface area contributed by atoms with Crippen LogP contribution in [0.25, 0.3) is 10.8 Å². The average molecular weight is 240 g/mol. The van der Waals surface area contributed by atoms with Crippen LogP contribution in [-0.4, -0.2) is 11.2 Å². The molecule has 2 aromatic carbocycles. The van der Waals surface area contributed by atoms with Crippen LogP contribution in [0.3, 0.4) is 0 Å². The number of benzene rings is 2. The van der Waals surface area contributed by atoms with Crippen molar-refractivity contribution in [3.63, 3.8) is 0 Å². The number of aliphatic hydroxyl groups is 1. The van der Waals surface area contributed by atoms with Gasteiger partial charge in [0.05, 0.1) is 6.10 Å². The van der Waals surface area contributed by atoms with Gasteiger partial charge in [-0.25, -0.2) is 0 Å². The van der Waals surface area contributed by atoms with Crippen LogP contribution in [-0.2, 0) is 6.42 Å². The fourth-order valence-corrected chi connectivity index (χ4v) is 2.92. The number of rotatable bonds is 4. The van der Waals surface area contributed by atoms with Gasteiger partial charge in [0.15, 0.2) is 0 Å². The molecule has 1 saturated carbocycles. The van der Waals surface area contributed by atoms with Gasteiger partial charge in [-0.15, -0.1) is 0 Å². The molecular weight excluding hydrogens is 220 g/mol. The number of fused-ring (bicyclic) bond motifs is 1. The molecule has 0 amide bonds. The van der Waals surface area contributed by atoms with E-state index in [0.29, 0.717) is 0 Å². The van der Waals surface area contributed by atoms with Gasteiger partial charge in [-0.1, -0.05) is 61.7 Å². The molecule has 18 heavy (non-hydrogen) atoms. The molecular formula is C17H20O. The predicted octanol–water partition coefficient (Wildman–Crippen LogP) is 3.93. The Morgan fingerprint density at radius 3 is 2.61 bits per heavy atom. The van der Waals surface area contributed by atoms with E-state index in [-0.39, 0.29) is 6.10 Å². The lowest BCUT2D eigenvalue weighted by atomic mass is 9.80. The summed E-state index contributed by atoms with van der Waals surface area (Å²) in [6.07, 6.45) is 5.56. The van der Waals surface area contributed by atoms with Gasteiger partial charge < -0.3 is 5.11 Å². The summed E-state index contributed by atoms with van der Waals surface area (Å²) in [5.74, 6) is 0.773. The quantitative estimate of drug-likeness (QED) is 0.858. The molecule has 0 aliphatic heterocycles. The second kappa shape index (κ2) is 5.11. The third-order valence-electron chi connectivity index (χ3n) is 4.17. The molecule has 0 bridgehead atoms. The first-order valence-electron chi connectivity index (χ1n) is 6.97. The molecule has 0 radical (unpaired) electrons. The van der Waals surface area contributed by atoms with Crippen molar-refractivity contribution in [1.29, 1.82) is 0 Å². The Hall–Kier alpha value is -1.34. The first kappa shape index (κ1) is 11.7. The van der Waals surface area contributed by atoms with Crippen molar-refractivity contribution in [1.82, 2.24) is 0 Å². The summed E-state index contributed by atoms with van der Waals surface area (Å²) in [5, 5.41) is 12.8. The molecule has 3 rings (SSSR count). The summed E-state index contributed by atoms with van der Waals surface area (Å²) in [5.41, 5.74) is 1.28. The Morgan fingerprint density at radius 2 is 1.83 bits per heavy atom. The third kappa shape index (κ3) is 2.41. The highest BCUT2D eigenvalue weighted by Gasteiger charge is 2.21. The molecule has 1 aliphatic carbocycles. The summed E-state index contributed by atoms with van der Waals surface area (Å²) in [4.78, 5) is 0. The SMILES string of the molecule is OC(Cc1cccc2ccccc12)CC1CCC1. The van der Waals surface area contributed by atoms with Crippen LogP contribution in [0.2, 0.25) is 0 Å². The first-order valence-corrected chi connectivity index (χ1v) is 6.97. The summed E-state index contributed by atoms with van der Waals surface area (Å²) in [6, 6.07) is 14.8. The van der Waals surface area contributed by atoms with Gasteiger partial charge in [-0.05, 0) is 35.1 Å². The molecule has 1 fully saturated rings. The number of hydrogen-bond donors (Lipinski definition) is 1. The molecule has 1 atom stereocenters. The van der Waals surface area contributed by atoms with Crippen LogP contribution in [0.1, 0.15) is 31.2 Å². The van der Waals surface area contributed by atoms with Gasteiger partial charge in [0.2, 0.25) is 0 Å². The fraction of sp³-hybridized carbons (Fsp3) is 0.412. The van der Waals surface area contributed by atoms with E-state index in [0.717, 1.165) is 18.8 Å². The minimum atomic E-state index is -0.180. The van der Waals surface area contributed by atoms with E-state index in [2.05, 4.69) is 42.5 Å². The molecule has 0 heterocycles. The minimum Gasteiger partial charge on any atom is -0.393 e. The fourth-order valence-electron chi connectivity index (χ4n) is 2.92. The molecule has 1 heteroatoms. The molecule has 0 spiro atoms. The van der Waals surface area contributed by atoms with Crippen molar-refractivity contribution in [2.24, 2.45) is 5.92 Å². The third-order valence-corrected chi connectivity index (χ3v) is 4.17. The monoisotopic (exact) mass is 240 g/mol. The van der Waals surface area contributed by atoms with Crippen LogP contribution in [0.4, 0.5) is 0 Å². The van der Waals surface area contributed by atoms with Gasteiger partial charge in [0, 0.05) is 0 Å². The number of hydrogen-bond acceptors (Lipinski definition) is 1. The van der Waals surface area contributed by atoms with Crippen molar-refractivity contribution in [2.75, 3.05) is 0 Å². The van der Waals surface area contributed by atoms with Crippen LogP contribution in [0.15, 0.2) is 42.5 Å². The molecule has 1 aliphatic rings. The normalized spacial score (nSPS) is 17.6. The summed E-state index contributed by atoms with van der Waals surface area (Å²) in [6.45, 7) is 0. The largest absolute Gasteiger partial charge is 0.393 e. The summed E-state index contributed by atoms with van der Waals surface area (Å²) >= 11 is 0. The van der Waals surface area contributed by atoms with E-state index in [9.17, 15) is 5.11 Å². The zero-order valence-electron chi connectivity index (χ0n) is 10.7. The molecule has 1 N–H and O–H groups in total. The van der Waals surface area contributed by atoms with Crippen LogP contribution in [0.5, 0.6) is 0 Å². The Bertz CT molecular complexity index is 523. The maximum Gasteiger partial charge on any atom is 0.0583 e. The highest BCUT2D eigenvalue weighted by molar-refractivity contribution is 5.85. The molecule has 2 aromatic rings. The van der Waals surface area contributed by atoms with Crippen molar-refractivity contribution in [3.8, 4) is 0 Å². The first-order chi connectivity index (χ1) is 8.83. The maximum absolute atomic E-state index is 10.2. The minimum absolute atomic E-state index is 0.180. The molecule has 1 unspecified atom stereocenters. The zero-order chi connectivity index (χ0) is 12.4. The molecule has 0 aromatic heterocycles. The smallest absolute Gasteiger partial charge is 0.0583 e. The van der Waals surface area contributed by atoms with E-state index in [1.54, 1.807) is 0 Å². The second-order valence-corrected chi connectivity index (χ2v) is 5.53. The standard InChI is InChI=1S/C17H20O/c18-16(11-13-5-3-6-13)12-15-9-4-8-14-7-1-2-10-17(14)15/h1-2,4,7-10,13,16,18H,3,5-6,11-12H2. The van der Waals surface area contributed by atoms with Gasteiger partial charge in [-0.2, -0.15) is 0 Å². The highest BCUT2D eigenvalue weighted by atomic mass is 16.3. The zero-order valence-corrected chi connectivity index (χ0v) is 10.7. The number of aliphatic hydroxyl groups excluding tert-OH is 1. The highest BCUT2D eigenvalue weighted by Crippen LogP contribution is 2.31. The Balaban J connectivity index is 1.76. The predicted molar refractivity (Wildman–Crippen MR) is 75.6 cm³/mol. The average Bonchev–Trinajstić information content (AvgIpc) is 2.34. The Morgan fingerprint density at radius 1 is 1.06 bits per heavy atom. The summed E-state index contributed by atoms with van der Waals surface area (Å²) < 4.78 is 0. The Kier molecular flexibility index (Phi) is 3.33. The topological polar surface area (TPSA) is 20.2 Å². The molecule has 1 nitrogen and oxygen atoms in total. The molecule has 94 valence electrons. The van der Waals surface area contributed by atoms with Gasteiger partial charge >= 0.3 is 0 Å². The van der Waals surface area contributed by atoms with E-state index >= 15 is 0 Å². The van der Waals surface area contributed by atoms with Crippen LogP contribution >= 0.6 is 0 Å². The lowest BCUT2D eigenvalue weighted by molar-refractivity contribution is 0.118. The van der Waals surface area contributed by atoms with E-state index in [1.165, 1.54) is 35.6 Å². The lowest BCUT2D eigenvalue weighted by Gasteiger charge is -2.27. The van der Waals surface area contributed by atoms with Crippen molar-refractivity contribution >= 4 is 10.8 Å². The van der Waals surface area contributed by atoms with Crippen molar-refractivity contribution in [2.45, 2.75) is 38.2 Å². The van der Waals surface area contributed by atoms with Crippen molar-refractivity contribution < 1.29 is 5.11 Å².